The highest BCUT2D eigenvalue weighted by atomic mass is 35.5. The highest BCUT2D eigenvalue weighted by Gasteiger charge is 2.38. The molecule has 0 bridgehead atoms. The molecule has 4 N–H and O–H groups in total. The van der Waals surface area contributed by atoms with E-state index < -0.39 is 23.8 Å². The third-order valence-corrected chi connectivity index (χ3v) is 2.27. The minimum atomic E-state index is -0.638. The number of amidine groups is 1. The predicted molar refractivity (Wildman–Crippen MR) is 66.5 cm³/mol. The van der Waals surface area contributed by atoms with Crippen molar-refractivity contribution in [3.05, 3.63) is 0 Å². The summed E-state index contributed by atoms with van der Waals surface area (Å²) in [5, 5.41) is 16.8. The summed E-state index contributed by atoms with van der Waals surface area (Å²) in [6, 6.07) is -0.551. The van der Waals surface area contributed by atoms with Crippen LogP contribution in [0.3, 0.4) is 0 Å². The quantitative estimate of drug-likeness (QED) is 0.480. The number of rotatable bonds is 1. The van der Waals surface area contributed by atoms with E-state index in [-0.39, 0.29) is 24.8 Å². The molecule has 0 aromatic heterocycles. The van der Waals surface area contributed by atoms with Gasteiger partial charge in [0.1, 0.15) is 11.4 Å². The topological polar surface area (TPSA) is 99.6 Å². The average Bonchev–Trinajstić information content (AvgIpc) is 2.44. The van der Waals surface area contributed by atoms with Crippen LogP contribution in [0.4, 0.5) is 4.79 Å². The molecule has 100 valence electrons. The van der Waals surface area contributed by atoms with Crippen LogP contribution in [0.1, 0.15) is 27.2 Å². The lowest BCUT2D eigenvalue weighted by Crippen LogP contribution is -2.45. The summed E-state index contributed by atoms with van der Waals surface area (Å²) in [6.07, 6.45) is -0.875. The van der Waals surface area contributed by atoms with E-state index in [1.807, 2.05) is 0 Å². The Kier molecular flexibility index (Phi) is 5.22. The number of carbonyl (C=O) groups is 1. The van der Waals surface area contributed by atoms with Crippen molar-refractivity contribution in [1.29, 1.82) is 5.41 Å². The number of hydrogen-bond acceptors (Lipinski definition) is 4. The van der Waals surface area contributed by atoms with E-state index in [2.05, 4.69) is 0 Å². The Balaban J connectivity index is 0.00000256. The van der Waals surface area contributed by atoms with E-state index >= 15 is 0 Å². The normalized spacial score (nSPS) is 24.1. The first-order valence-corrected chi connectivity index (χ1v) is 5.22. The Morgan fingerprint density at radius 1 is 1.53 bits per heavy atom. The smallest absolute Gasteiger partial charge is 0.411 e. The number of β-amino-alcohol motifs (C(OH)–C–C–N with tert-alkyl or cyclic N) is 1. The van der Waals surface area contributed by atoms with Crippen LogP contribution >= 0.6 is 12.4 Å². The van der Waals surface area contributed by atoms with Crippen LogP contribution in [0.15, 0.2) is 0 Å². The average molecular weight is 266 g/mol. The second-order valence-corrected chi connectivity index (χ2v) is 4.99. The van der Waals surface area contributed by atoms with Crippen LogP contribution in [0.5, 0.6) is 0 Å². The van der Waals surface area contributed by atoms with E-state index in [0.29, 0.717) is 6.42 Å². The minimum Gasteiger partial charge on any atom is -0.444 e. The first-order chi connectivity index (χ1) is 7.20. The Labute approximate surface area is 107 Å². The molecule has 0 aromatic carbocycles. The molecule has 1 amide bonds. The van der Waals surface area contributed by atoms with Gasteiger partial charge in [-0.2, -0.15) is 0 Å². The van der Waals surface area contributed by atoms with Gasteiger partial charge >= 0.3 is 6.09 Å². The molecule has 0 aliphatic carbocycles. The van der Waals surface area contributed by atoms with Crippen molar-refractivity contribution >= 4 is 24.3 Å². The molecule has 0 spiro atoms. The zero-order valence-electron chi connectivity index (χ0n) is 10.3. The number of carbonyl (C=O) groups excluding carboxylic acids is 1. The fourth-order valence-electron chi connectivity index (χ4n) is 1.63. The van der Waals surface area contributed by atoms with Gasteiger partial charge in [0.05, 0.1) is 18.7 Å². The van der Waals surface area contributed by atoms with Gasteiger partial charge in [0.15, 0.2) is 0 Å². The van der Waals surface area contributed by atoms with E-state index in [1.165, 1.54) is 4.90 Å². The molecule has 0 aromatic rings. The fraction of sp³-hybridized carbons (Fsp3) is 0.800. The molecule has 0 radical (unpaired) electrons. The Bertz CT molecular complexity index is 304. The summed E-state index contributed by atoms with van der Waals surface area (Å²) in [6.45, 7) is 5.46. The highest BCUT2D eigenvalue weighted by Crippen LogP contribution is 2.20. The van der Waals surface area contributed by atoms with Crippen molar-refractivity contribution in [3.8, 4) is 0 Å². The molecular weight excluding hydrogens is 246 g/mol. The zero-order valence-corrected chi connectivity index (χ0v) is 11.1. The summed E-state index contributed by atoms with van der Waals surface area (Å²) in [5.74, 6) is -0.123. The van der Waals surface area contributed by atoms with Gasteiger partial charge in [-0.15, -0.1) is 12.4 Å². The van der Waals surface area contributed by atoms with Gasteiger partial charge in [-0.3, -0.25) is 10.3 Å². The Morgan fingerprint density at radius 2 is 2.06 bits per heavy atom. The third kappa shape index (κ3) is 4.40. The van der Waals surface area contributed by atoms with Crippen molar-refractivity contribution in [2.24, 2.45) is 5.73 Å². The van der Waals surface area contributed by atoms with E-state index in [0.717, 1.165) is 0 Å². The number of nitrogens with one attached hydrogen (secondary N) is 1. The number of aliphatic hydroxyl groups is 1. The van der Waals surface area contributed by atoms with Crippen molar-refractivity contribution < 1.29 is 14.6 Å². The molecule has 1 rings (SSSR count). The van der Waals surface area contributed by atoms with Gasteiger partial charge in [-0.1, -0.05) is 0 Å². The standard InChI is InChI=1S/C10H19N3O3.ClH/c1-10(2,3)16-9(15)13-5-6(14)4-7(13)8(11)12;/h6-7,14H,4-5H2,1-3H3,(H3,11,12);1H. The number of likely N-dealkylation sites (tertiary alicyclic amines) is 1. The number of nitrogens with two attached hydrogens (primary N) is 1. The van der Waals surface area contributed by atoms with Crippen LogP contribution < -0.4 is 5.73 Å². The summed E-state index contributed by atoms with van der Waals surface area (Å²) < 4.78 is 5.17. The van der Waals surface area contributed by atoms with Crippen molar-refractivity contribution in [3.63, 3.8) is 0 Å². The van der Waals surface area contributed by atoms with Gasteiger partial charge < -0.3 is 15.6 Å². The predicted octanol–water partition coefficient (Wildman–Crippen LogP) is 0.714. The Hall–Kier alpha value is -1.01. The molecule has 1 fully saturated rings. The minimum absolute atomic E-state index is 0. The zero-order chi connectivity index (χ0) is 12.5. The molecule has 1 heterocycles. The van der Waals surface area contributed by atoms with Crippen molar-refractivity contribution in [1.82, 2.24) is 4.90 Å². The lowest BCUT2D eigenvalue weighted by Gasteiger charge is -2.27. The second kappa shape index (κ2) is 5.55. The molecule has 1 aliphatic heterocycles. The van der Waals surface area contributed by atoms with Crippen LogP contribution in [0.25, 0.3) is 0 Å². The van der Waals surface area contributed by atoms with E-state index in [1.54, 1.807) is 20.8 Å². The molecule has 0 saturated carbocycles. The first kappa shape index (κ1) is 16.0. The Morgan fingerprint density at radius 3 is 2.47 bits per heavy atom. The summed E-state index contributed by atoms with van der Waals surface area (Å²) >= 11 is 0. The first-order valence-electron chi connectivity index (χ1n) is 5.22. The van der Waals surface area contributed by atoms with E-state index in [9.17, 15) is 9.90 Å². The molecule has 7 heteroatoms. The summed E-state index contributed by atoms with van der Waals surface area (Å²) in [7, 11) is 0. The van der Waals surface area contributed by atoms with Crippen LogP contribution in [-0.4, -0.2) is 46.2 Å². The second-order valence-electron chi connectivity index (χ2n) is 4.99. The maximum Gasteiger partial charge on any atom is 0.411 e. The SMILES string of the molecule is CC(C)(C)OC(=O)N1CC(O)CC1C(=N)N.Cl. The number of aliphatic hydroxyl groups excluding tert-OH is 1. The number of amides is 1. The van der Waals surface area contributed by atoms with Crippen LogP contribution in [0.2, 0.25) is 0 Å². The van der Waals surface area contributed by atoms with Gasteiger partial charge in [0, 0.05) is 6.42 Å². The number of nitrogens with zero attached hydrogens (tertiary/aromatic N) is 1. The number of hydrogen-bond donors (Lipinski definition) is 3. The molecule has 2 unspecified atom stereocenters. The van der Waals surface area contributed by atoms with E-state index in [4.69, 9.17) is 15.9 Å². The monoisotopic (exact) mass is 265 g/mol. The lowest BCUT2D eigenvalue weighted by atomic mass is 10.2. The molecule has 6 nitrogen and oxygen atoms in total. The maximum absolute atomic E-state index is 11.8. The van der Waals surface area contributed by atoms with Crippen molar-refractivity contribution in [2.75, 3.05) is 6.54 Å². The van der Waals surface area contributed by atoms with Crippen LogP contribution in [0, 0.1) is 5.41 Å². The molecular formula is C10H20ClN3O3. The van der Waals surface area contributed by atoms with Gasteiger partial charge in [-0.25, -0.2) is 4.79 Å². The van der Waals surface area contributed by atoms with Crippen LogP contribution in [-0.2, 0) is 4.74 Å². The molecule has 2 atom stereocenters. The molecule has 1 saturated heterocycles. The number of ether oxygens (including phenoxy) is 1. The largest absolute Gasteiger partial charge is 0.444 e. The lowest BCUT2D eigenvalue weighted by molar-refractivity contribution is 0.0243. The fourth-order valence-corrected chi connectivity index (χ4v) is 1.63. The van der Waals surface area contributed by atoms with Gasteiger partial charge in [-0.05, 0) is 20.8 Å². The number of halogens is 1. The highest BCUT2D eigenvalue weighted by molar-refractivity contribution is 5.87. The summed E-state index contributed by atoms with van der Waals surface area (Å²) in [5.41, 5.74) is 4.78. The summed E-state index contributed by atoms with van der Waals surface area (Å²) in [4.78, 5) is 13.1. The molecule has 1 aliphatic rings. The van der Waals surface area contributed by atoms with Gasteiger partial charge in [0.25, 0.3) is 0 Å². The van der Waals surface area contributed by atoms with Gasteiger partial charge in [0.2, 0.25) is 0 Å². The third-order valence-electron chi connectivity index (χ3n) is 2.27. The maximum atomic E-state index is 11.8. The van der Waals surface area contributed by atoms with Crippen molar-refractivity contribution in [2.45, 2.75) is 44.9 Å². The molecule has 17 heavy (non-hydrogen) atoms.